The number of alkyl halides is 3. The molecule has 68 valence electrons. The molecule has 0 saturated heterocycles. The van der Waals surface area contributed by atoms with E-state index in [4.69, 9.17) is 0 Å². The summed E-state index contributed by atoms with van der Waals surface area (Å²) in [4.78, 5) is 3.11. The van der Waals surface area contributed by atoms with Gasteiger partial charge in [0, 0.05) is 0 Å². The average molecular weight is 181 g/mol. The smallest absolute Gasteiger partial charge is 0.329 e. The van der Waals surface area contributed by atoms with Crippen molar-refractivity contribution in [3.63, 3.8) is 0 Å². The second-order valence-corrected chi connectivity index (χ2v) is 2.04. The van der Waals surface area contributed by atoms with Crippen LogP contribution in [0.4, 0.5) is 13.2 Å². The highest BCUT2D eigenvalue weighted by molar-refractivity contribution is 4.89. The maximum Gasteiger partial charge on any atom is 0.471 e. The second-order valence-electron chi connectivity index (χ2n) is 2.04. The molecule has 7 heteroatoms. The fourth-order valence-corrected chi connectivity index (χ4v) is 0.599. The molecule has 12 heavy (non-hydrogen) atoms. The normalized spacial score (nSPS) is 12.0. The van der Waals surface area contributed by atoms with Gasteiger partial charge in [-0.1, -0.05) is 5.16 Å². The molecular weight excluding hydrogens is 175 g/mol. The topological polar surface area (TPSA) is 51.0 Å². The molecule has 1 aromatic rings. The van der Waals surface area contributed by atoms with Gasteiger partial charge in [0.05, 0.1) is 6.54 Å². The monoisotopic (exact) mass is 181 g/mol. The molecule has 0 saturated carbocycles. The van der Waals surface area contributed by atoms with E-state index in [2.05, 4.69) is 20.0 Å². The van der Waals surface area contributed by atoms with Crippen LogP contribution in [0.1, 0.15) is 11.7 Å². The SMILES string of the molecule is CNCc1noc(C(F)(F)F)n1. The summed E-state index contributed by atoms with van der Waals surface area (Å²) in [6.07, 6.45) is -4.56. The Kier molecular flexibility index (Phi) is 2.32. The van der Waals surface area contributed by atoms with Crippen LogP contribution in [0.15, 0.2) is 4.52 Å². The molecule has 0 bridgehead atoms. The van der Waals surface area contributed by atoms with Gasteiger partial charge < -0.3 is 9.84 Å². The van der Waals surface area contributed by atoms with E-state index in [9.17, 15) is 13.2 Å². The molecule has 1 N–H and O–H groups in total. The van der Waals surface area contributed by atoms with Gasteiger partial charge in [0.1, 0.15) is 0 Å². The first-order valence-corrected chi connectivity index (χ1v) is 3.08. The van der Waals surface area contributed by atoms with Gasteiger partial charge in [-0.25, -0.2) is 0 Å². The number of hydrogen-bond donors (Lipinski definition) is 1. The van der Waals surface area contributed by atoms with Crippen molar-refractivity contribution in [2.75, 3.05) is 7.05 Å². The van der Waals surface area contributed by atoms with E-state index in [1.165, 1.54) is 0 Å². The van der Waals surface area contributed by atoms with Crippen molar-refractivity contribution in [1.29, 1.82) is 0 Å². The van der Waals surface area contributed by atoms with Gasteiger partial charge in [-0.05, 0) is 7.05 Å². The number of nitrogens with zero attached hydrogens (tertiary/aromatic N) is 2. The molecule has 0 aromatic carbocycles. The molecule has 1 aromatic heterocycles. The molecule has 0 unspecified atom stereocenters. The van der Waals surface area contributed by atoms with Gasteiger partial charge >= 0.3 is 12.1 Å². The van der Waals surface area contributed by atoms with Crippen molar-refractivity contribution in [3.8, 4) is 0 Å². The Morgan fingerprint density at radius 3 is 2.58 bits per heavy atom. The molecule has 0 atom stereocenters. The molecule has 0 radical (unpaired) electrons. The van der Waals surface area contributed by atoms with E-state index < -0.39 is 12.1 Å². The van der Waals surface area contributed by atoms with Crippen molar-refractivity contribution in [1.82, 2.24) is 15.5 Å². The lowest BCUT2D eigenvalue weighted by Crippen LogP contribution is -2.08. The number of hydrogen-bond acceptors (Lipinski definition) is 4. The third-order valence-electron chi connectivity index (χ3n) is 1.05. The van der Waals surface area contributed by atoms with Crippen molar-refractivity contribution in [3.05, 3.63) is 11.7 Å². The first-order chi connectivity index (χ1) is 5.54. The maximum absolute atomic E-state index is 11.8. The number of rotatable bonds is 2. The molecule has 0 aliphatic heterocycles. The van der Waals surface area contributed by atoms with Gasteiger partial charge in [-0.2, -0.15) is 18.2 Å². The molecule has 1 heterocycles. The van der Waals surface area contributed by atoms with Gasteiger partial charge in [-0.3, -0.25) is 0 Å². The van der Waals surface area contributed by atoms with E-state index >= 15 is 0 Å². The van der Waals surface area contributed by atoms with Gasteiger partial charge in [0.2, 0.25) is 0 Å². The summed E-state index contributed by atoms with van der Waals surface area (Å²) in [6.45, 7) is 0.152. The van der Waals surface area contributed by atoms with Crippen LogP contribution in [0.3, 0.4) is 0 Å². The van der Waals surface area contributed by atoms with Gasteiger partial charge in [0.25, 0.3) is 0 Å². The molecule has 0 spiro atoms. The Bertz CT molecular complexity index is 257. The predicted octanol–water partition coefficient (Wildman–Crippen LogP) is 0.808. The second kappa shape index (κ2) is 3.10. The summed E-state index contributed by atoms with van der Waals surface area (Å²) >= 11 is 0. The first kappa shape index (κ1) is 8.98. The van der Waals surface area contributed by atoms with Gasteiger partial charge in [0.15, 0.2) is 5.82 Å². The molecule has 0 aliphatic rings. The molecule has 4 nitrogen and oxygen atoms in total. The van der Waals surface area contributed by atoms with E-state index in [1.807, 2.05) is 0 Å². The fourth-order valence-electron chi connectivity index (χ4n) is 0.599. The predicted molar refractivity (Wildman–Crippen MR) is 32.1 cm³/mol. The van der Waals surface area contributed by atoms with Gasteiger partial charge in [-0.15, -0.1) is 0 Å². The van der Waals surface area contributed by atoms with Crippen molar-refractivity contribution < 1.29 is 17.7 Å². The third-order valence-corrected chi connectivity index (χ3v) is 1.05. The van der Waals surface area contributed by atoms with Crippen LogP contribution in [0.2, 0.25) is 0 Å². The first-order valence-electron chi connectivity index (χ1n) is 3.08. The summed E-state index contributed by atoms with van der Waals surface area (Å²) in [5.74, 6) is -1.32. The van der Waals surface area contributed by atoms with Crippen molar-refractivity contribution in [2.24, 2.45) is 0 Å². The quantitative estimate of drug-likeness (QED) is 0.733. The van der Waals surface area contributed by atoms with Crippen LogP contribution in [0.5, 0.6) is 0 Å². The number of halogens is 3. The van der Waals surface area contributed by atoms with Crippen LogP contribution in [-0.4, -0.2) is 17.2 Å². The highest BCUT2D eigenvalue weighted by atomic mass is 19.4. The Morgan fingerprint density at radius 1 is 1.50 bits per heavy atom. The van der Waals surface area contributed by atoms with Crippen LogP contribution >= 0.6 is 0 Å². The van der Waals surface area contributed by atoms with E-state index in [0.717, 1.165) is 0 Å². The standard InChI is InChI=1S/C5H6F3N3O/c1-9-2-3-10-4(12-11-3)5(6,7)8/h9H,2H2,1H3. The van der Waals surface area contributed by atoms with E-state index in [1.54, 1.807) is 7.05 Å². The number of nitrogens with one attached hydrogen (secondary N) is 1. The Hall–Kier alpha value is -1.11. The minimum Gasteiger partial charge on any atom is -0.329 e. The zero-order valence-corrected chi connectivity index (χ0v) is 6.14. The minimum atomic E-state index is -4.56. The Labute approximate surface area is 65.8 Å². The van der Waals surface area contributed by atoms with Crippen molar-refractivity contribution >= 4 is 0 Å². The highest BCUT2D eigenvalue weighted by Gasteiger charge is 2.38. The summed E-state index contributed by atoms with van der Waals surface area (Å²) < 4.78 is 39.4. The van der Waals surface area contributed by atoms with Crippen LogP contribution in [-0.2, 0) is 12.7 Å². The summed E-state index contributed by atoms with van der Waals surface area (Å²) in [5, 5.41) is 5.70. The minimum absolute atomic E-state index is 0.00942. The van der Waals surface area contributed by atoms with Crippen LogP contribution in [0, 0.1) is 0 Å². The van der Waals surface area contributed by atoms with E-state index in [-0.39, 0.29) is 12.4 Å². The molecule has 0 amide bonds. The maximum atomic E-state index is 11.8. The largest absolute Gasteiger partial charge is 0.471 e. The van der Waals surface area contributed by atoms with Crippen LogP contribution in [0.25, 0.3) is 0 Å². The average Bonchev–Trinajstić information content (AvgIpc) is 2.35. The molecule has 1 rings (SSSR count). The molecular formula is C5H6F3N3O. The highest BCUT2D eigenvalue weighted by Crippen LogP contribution is 2.27. The van der Waals surface area contributed by atoms with E-state index in [0.29, 0.717) is 0 Å². The number of aromatic nitrogens is 2. The molecule has 0 fully saturated rings. The molecule has 0 aliphatic carbocycles. The lowest BCUT2D eigenvalue weighted by molar-refractivity contribution is -0.159. The Balaban J connectivity index is 2.77. The van der Waals surface area contributed by atoms with Crippen molar-refractivity contribution in [2.45, 2.75) is 12.7 Å². The zero-order chi connectivity index (χ0) is 9.19. The summed E-state index contributed by atoms with van der Waals surface area (Å²) in [5.41, 5.74) is 0. The third kappa shape index (κ3) is 1.94. The fraction of sp³-hybridized carbons (Fsp3) is 0.600. The lowest BCUT2D eigenvalue weighted by atomic mass is 10.6. The lowest BCUT2D eigenvalue weighted by Gasteiger charge is -1.95. The van der Waals surface area contributed by atoms with Crippen LogP contribution < -0.4 is 5.32 Å². The summed E-state index contributed by atoms with van der Waals surface area (Å²) in [7, 11) is 1.57. The zero-order valence-electron chi connectivity index (χ0n) is 6.14. The Morgan fingerprint density at radius 2 is 2.17 bits per heavy atom. The summed E-state index contributed by atoms with van der Waals surface area (Å²) in [6, 6.07) is 0.